The van der Waals surface area contributed by atoms with Gasteiger partial charge in [0.15, 0.2) is 6.79 Å². The van der Waals surface area contributed by atoms with Gasteiger partial charge in [0.05, 0.1) is 6.61 Å². The molecular weight excluding hydrogens is 302 g/mol. The average Bonchev–Trinajstić information content (AvgIpc) is 2.58. The molecule has 0 saturated heterocycles. The molecule has 0 unspecified atom stereocenters. The van der Waals surface area contributed by atoms with Crippen LogP contribution in [0.2, 0.25) is 0 Å². The monoisotopic (exact) mass is 325 g/mol. The normalized spacial score (nSPS) is 10.3. The molecule has 23 heavy (non-hydrogen) atoms. The number of hydrogen-bond donors (Lipinski definition) is 1. The van der Waals surface area contributed by atoms with Crippen molar-refractivity contribution in [3.05, 3.63) is 42.5 Å². The molecule has 1 aromatic rings. The predicted molar refractivity (Wildman–Crippen MR) is 84.2 cm³/mol. The van der Waals surface area contributed by atoms with Gasteiger partial charge in [-0.15, -0.1) is 0 Å². The highest BCUT2D eigenvalue weighted by molar-refractivity contribution is 5.94. The number of amides is 1. The Kier molecular flexibility index (Phi) is 10.5. The first-order chi connectivity index (χ1) is 11.3. The van der Waals surface area contributed by atoms with E-state index in [1.165, 1.54) is 7.11 Å². The lowest BCUT2D eigenvalue weighted by Gasteiger charge is -2.08. The topological polar surface area (TPSA) is 75.3 Å². The van der Waals surface area contributed by atoms with E-state index in [9.17, 15) is 4.79 Å². The van der Waals surface area contributed by atoms with Gasteiger partial charge in [-0.2, -0.15) is 0 Å². The van der Waals surface area contributed by atoms with Crippen molar-refractivity contribution in [2.45, 2.75) is 0 Å². The lowest BCUT2D eigenvalue weighted by atomic mass is 10.2. The first-order valence-corrected chi connectivity index (χ1v) is 7.12. The van der Waals surface area contributed by atoms with Gasteiger partial charge in [0, 0.05) is 19.2 Å². The number of nitrogens with one attached hydrogen (secondary N) is 1. The van der Waals surface area contributed by atoms with E-state index in [2.05, 4.69) is 16.6 Å². The van der Waals surface area contributed by atoms with Crippen molar-refractivity contribution in [2.24, 2.45) is 0 Å². The molecule has 0 fully saturated rings. The molecule has 0 aliphatic rings. The minimum Gasteiger partial charge on any atom is -0.490 e. The van der Waals surface area contributed by atoms with Crippen molar-refractivity contribution in [1.29, 1.82) is 0 Å². The van der Waals surface area contributed by atoms with Crippen LogP contribution in [0.1, 0.15) is 10.4 Å². The molecule has 0 saturated carbocycles. The fourth-order valence-electron chi connectivity index (χ4n) is 1.52. The van der Waals surface area contributed by atoms with E-state index in [4.69, 9.17) is 18.9 Å². The van der Waals surface area contributed by atoms with Crippen LogP contribution in [0.15, 0.2) is 36.9 Å². The summed E-state index contributed by atoms with van der Waals surface area (Å²) in [5.74, 6) is 0.519. The Labute approximate surface area is 136 Å². The molecule has 1 N–H and O–H groups in total. The minimum absolute atomic E-state index is 0.0922. The molecule has 0 aliphatic heterocycles. The molecule has 0 heterocycles. The van der Waals surface area contributed by atoms with Crippen LogP contribution in [0.25, 0.3) is 0 Å². The zero-order valence-corrected chi connectivity index (χ0v) is 13.3. The highest BCUT2D eigenvalue weighted by atomic mass is 16.8. The summed E-state index contributed by atoms with van der Waals surface area (Å²) in [6, 6.07) is 6.88. The fraction of sp³-hybridized carbons (Fsp3) is 0.438. The maximum Gasteiger partial charge on any atom is 0.251 e. The van der Waals surface area contributed by atoms with Gasteiger partial charge in [-0.25, -0.2) is 0 Å². The molecule has 0 aromatic heterocycles. The summed E-state index contributed by atoms with van der Waals surface area (Å²) >= 11 is 0. The SMILES string of the molecule is C=CCOc1ccc(C(=O)NCCOCOCOCOC)cc1. The van der Waals surface area contributed by atoms with E-state index >= 15 is 0 Å². The molecule has 7 heteroatoms. The quantitative estimate of drug-likeness (QED) is 0.337. The van der Waals surface area contributed by atoms with Crippen molar-refractivity contribution in [3.63, 3.8) is 0 Å². The summed E-state index contributed by atoms with van der Waals surface area (Å²) in [6.45, 7) is 5.10. The maximum absolute atomic E-state index is 11.9. The second-order valence-electron chi connectivity index (χ2n) is 4.34. The van der Waals surface area contributed by atoms with Crippen LogP contribution >= 0.6 is 0 Å². The van der Waals surface area contributed by atoms with E-state index < -0.39 is 0 Å². The van der Waals surface area contributed by atoms with Gasteiger partial charge in [-0.1, -0.05) is 12.7 Å². The molecule has 0 atom stereocenters. The predicted octanol–water partition coefficient (Wildman–Crippen LogP) is 1.55. The average molecular weight is 325 g/mol. The second kappa shape index (κ2) is 12.6. The molecule has 128 valence electrons. The van der Waals surface area contributed by atoms with Crippen molar-refractivity contribution >= 4 is 5.91 Å². The summed E-state index contributed by atoms with van der Waals surface area (Å²) in [4.78, 5) is 11.9. The van der Waals surface area contributed by atoms with Crippen LogP contribution in [0, 0.1) is 0 Å². The lowest BCUT2D eigenvalue weighted by Crippen LogP contribution is -2.27. The third-order valence-electron chi connectivity index (χ3n) is 2.55. The van der Waals surface area contributed by atoms with Crippen LogP contribution in [0.4, 0.5) is 0 Å². The van der Waals surface area contributed by atoms with Gasteiger partial charge in [0.2, 0.25) is 0 Å². The molecule has 7 nitrogen and oxygen atoms in total. The van der Waals surface area contributed by atoms with Crippen molar-refractivity contribution in [1.82, 2.24) is 5.32 Å². The van der Waals surface area contributed by atoms with E-state index in [0.717, 1.165) is 0 Å². The van der Waals surface area contributed by atoms with Crippen LogP contribution in [0.5, 0.6) is 5.75 Å². The molecular formula is C16H23NO6. The minimum atomic E-state index is -0.173. The molecule has 1 rings (SSSR count). The van der Waals surface area contributed by atoms with Gasteiger partial charge in [0.25, 0.3) is 5.91 Å². The van der Waals surface area contributed by atoms with Gasteiger partial charge in [0.1, 0.15) is 25.9 Å². The van der Waals surface area contributed by atoms with E-state index in [1.807, 2.05) is 0 Å². The number of carbonyl (C=O) groups excluding carboxylic acids is 1. The highest BCUT2D eigenvalue weighted by Crippen LogP contribution is 2.11. The number of rotatable bonds is 13. The Balaban J connectivity index is 2.10. The Bertz CT molecular complexity index is 448. The summed E-state index contributed by atoms with van der Waals surface area (Å²) in [5.41, 5.74) is 0.556. The maximum atomic E-state index is 11.9. The number of methoxy groups -OCH3 is 1. The van der Waals surface area contributed by atoms with Gasteiger partial charge < -0.3 is 29.0 Å². The summed E-state index contributed by atoms with van der Waals surface area (Å²) in [5, 5.41) is 2.75. The number of ether oxygens (including phenoxy) is 5. The smallest absolute Gasteiger partial charge is 0.251 e. The van der Waals surface area contributed by atoms with Crippen LogP contribution in [0.3, 0.4) is 0 Å². The van der Waals surface area contributed by atoms with Crippen LogP contribution in [-0.2, 0) is 18.9 Å². The van der Waals surface area contributed by atoms with E-state index in [0.29, 0.717) is 31.1 Å². The molecule has 0 bridgehead atoms. The largest absolute Gasteiger partial charge is 0.490 e. The van der Waals surface area contributed by atoms with Gasteiger partial charge in [-0.05, 0) is 24.3 Å². The van der Waals surface area contributed by atoms with Gasteiger partial charge >= 0.3 is 0 Å². The third kappa shape index (κ3) is 8.94. The molecule has 1 aromatic carbocycles. The lowest BCUT2D eigenvalue weighted by molar-refractivity contribution is -0.163. The van der Waals surface area contributed by atoms with E-state index in [1.54, 1.807) is 30.3 Å². The Morgan fingerprint density at radius 2 is 1.83 bits per heavy atom. The Morgan fingerprint density at radius 3 is 2.52 bits per heavy atom. The van der Waals surface area contributed by atoms with Crippen molar-refractivity contribution in [3.8, 4) is 5.75 Å². The van der Waals surface area contributed by atoms with Crippen LogP contribution in [-0.4, -0.2) is 53.2 Å². The Morgan fingerprint density at radius 1 is 1.13 bits per heavy atom. The number of benzene rings is 1. The van der Waals surface area contributed by atoms with E-state index in [-0.39, 0.29) is 26.3 Å². The van der Waals surface area contributed by atoms with Crippen molar-refractivity contribution < 1.29 is 28.5 Å². The van der Waals surface area contributed by atoms with Gasteiger partial charge in [-0.3, -0.25) is 4.79 Å². The summed E-state index contributed by atoms with van der Waals surface area (Å²) in [6.07, 6.45) is 1.66. The molecule has 0 aliphatic carbocycles. The third-order valence-corrected chi connectivity index (χ3v) is 2.55. The standard InChI is InChI=1S/C16H23NO6/c1-3-9-23-15-6-4-14(5-7-15)16(18)17-8-10-20-12-22-13-21-11-19-2/h3-7H,1,8-13H2,2H3,(H,17,18). The Hall–Kier alpha value is -1.93. The second-order valence-corrected chi connectivity index (χ2v) is 4.34. The van der Waals surface area contributed by atoms with Crippen LogP contribution < -0.4 is 10.1 Å². The number of hydrogen-bond acceptors (Lipinski definition) is 6. The fourth-order valence-corrected chi connectivity index (χ4v) is 1.52. The molecule has 0 radical (unpaired) electrons. The summed E-state index contributed by atoms with van der Waals surface area (Å²) in [7, 11) is 1.53. The molecule has 1 amide bonds. The first-order valence-electron chi connectivity index (χ1n) is 7.12. The molecule has 0 spiro atoms. The van der Waals surface area contributed by atoms with Crippen molar-refractivity contribution in [2.75, 3.05) is 47.2 Å². The zero-order chi connectivity index (χ0) is 16.8. The number of carbonyl (C=O) groups is 1. The highest BCUT2D eigenvalue weighted by Gasteiger charge is 2.04. The zero-order valence-electron chi connectivity index (χ0n) is 13.3. The first kappa shape index (κ1) is 19.1. The summed E-state index contributed by atoms with van der Waals surface area (Å²) < 4.78 is 25.1.